The van der Waals surface area contributed by atoms with Gasteiger partial charge in [-0.05, 0) is 5.92 Å². The summed E-state index contributed by atoms with van der Waals surface area (Å²) in [7, 11) is 0. The van der Waals surface area contributed by atoms with Crippen molar-refractivity contribution in [2.24, 2.45) is 5.92 Å². The molecule has 13 heavy (non-hydrogen) atoms. The van der Waals surface area contributed by atoms with Gasteiger partial charge in [-0.15, -0.1) is 0 Å². The first-order chi connectivity index (χ1) is 5.91. The minimum Gasteiger partial charge on any atom is -0.338 e. The first-order valence-corrected chi connectivity index (χ1v) is 4.31. The molecule has 0 atom stereocenters. The number of halogens is 2. The number of nitrogens with zero attached hydrogens (tertiary/aromatic N) is 1. The van der Waals surface area contributed by atoms with Crippen LogP contribution in [0.5, 0.6) is 0 Å². The molecule has 0 unspecified atom stereocenters. The van der Waals surface area contributed by atoms with E-state index in [1.54, 1.807) is 0 Å². The zero-order valence-corrected chi connectivity index (χ0v) is 7.81. The van der Waals surface area contributed by atoms with Gasteiger partial charge in [-0.1, -0.05) is 13.8 Å². The molecule has 1 N–H and O–H groups in total. The average Bonchev–Trinajstić information content (AvgIpc) is 1.95. The van der Waals surface area contributed by atoms with Gasteiger partial charge in [0.2, 0.25) is 0 Å². The lowest BCUT2D eigenvalue weighted by Crippen LogP contribution is -2.61. The smallest absolute Gasteiger partial charge is 0.317 e. The van der Waals surface area contributed by atoms with Crippen LogP contribution in [0.15, 0.2) is 0 Å². The summed E-state index contributed by atoms with van der Waals surface area (Å²) in [4.78, 5) is 12.2. The van der Waals surface area contributed by atoms with Gasteiger partial charge >= 0.3 is 6.03 Å². The van der Waals surface area contributed by atoms with Crippen molar-refractivity contribution in [3.63, 3.8) is 0 Å². The molecule has 0 aromatic heterocycles. The summed E-state index contributed by atoms with van der Waals surface area (Å²) in [6, 6.07) is -0.389. The van der Waals surface area contributed by atoms with Gasteiger partial charge in [0, 0.05) is 6.54 Å². The van der Waals surface area contributed by atoms with E-state index in [2.05, 4.69) is 5.32 Å². The third-order valence-electron chi connectivity index (χ3n) is 1.79. The second-order valence-corrected chi connectivity index (χ2v) is 3.79. The molecule has 0 aromatic rings. The minimum absolute atomic E-state index is 0.339. The second kappa shape index (κ2) is 3.47. The molecule has 2 amide bonds. The zero-order valence-electron chi connectivity index (χ0n) is 7.81. The summed E-state index contributed by atoms with van der Waals surface area (Å²) in [5.74, 6) is -2.33. The maximum absolute atomic E-state index is 12.3. The summed E-state index contributed by atoms with van der Waals surface area (Å²) in [5.41, 5.74) is 0. The Bertz CT molecular complexity index is 198. The highest BCUT2D eigenvalue weighted by molar-refractivity contribution is 5.75. The van der Waals surface area contributed by atoms with Crippen molar-refractivity contribution in [3.05, 3.63) is 0 Å². The summed E-state index contributed by atoms with van der Waals surface area (Å²) >= 11 is 0. The Labute approximate surface area is 76.1 Å². The third-order valence-corrected chi connectivity index (χ3v) is 1.79. The number of alkyl halides is 2. The lowest BCUT2D eigenvalue weighted by atomic mass is 10.1. The van der Waals surface area contributed by atoms with Gasteiger partial charge in [0.05, 0.1) is 13.1 Å². The van der Waals surface area contributed by atoms with Gasteiger partial charge in [0.15, 0.2) is 0 Å². The SMILES string of the molecule is CC(C)CNC(=O)N1CC(F)(F)C1. The third kappa shape index (κ3) is 2.82. The topological polar surface area (TPSA) is 32.3 Å². The summed E-state index contributed by atoms with van der Waals surface area (Å²) in [6.07, 6.45) is 0. The number of carbonyl (C=O) groups excluding carboxylic acids is 1. The molecule has 1 aliphatic rings. The molecule has 1 rings (SSSR count). The van der Waals surface area contributed by atoms with Crippen LogP contribution in [0, 0.1) is 5.92 Å². The van der Waals surface area contributed by atoms with Crippen molar-refractivity contribution in [1.82, 2.24) is 10.2 Å². The highest BCUT2D eigenvalue weighted by Gasteiger charge is 2.46. The highest BCUT2D eigenvalue weighted by atomic mass is 19.3. The number of nitrogens with one attached hydrogen (secondary N) is 1. The number of likely N-dealkylation sites (tertiary alicyclic amines) is 1. The Balaban J connectivity index is 2.20. The Hall–Kier alpha value is -0.870. The monoisotopic (exact) mass is 192 g/mol. The minimum atomic E-state index is -2.67. The van der Waals surface area contributed by atoms with Crippen LogP contribution in [0.4, 0.5) is 13.6 Å². The summed E-state index contributed by atoms with van der Waals surface area (Å²) in [5, 5.41) is 2.58. The standard InChI is InChI=1S/C8H14F2N2O/c1-6(2)3-11-7(13)12-4-8(9,10)5-12/h6H,3-5H2,1-2H3,(H,11,13). The lowest BCUT2D eigenvalue weighted by molar-refractivity contribution is -0.109. The van der Waals surface area contributed by atoms with E-state index < -0.39 is 19.0 Å². The fourth-order valence-corrected chi connectivity index (χ4v) is 1.06. The fraction of sp³-hybridized carbons (Fsp3) is 0.875. The predicted octanol–water partition coefficient (Wildman–Crippen LogP) is 1.30. The molecule has 0 radical (unpaired) electrons. The van der Waals surface area contributed by atoms with Crippen molar-refractivity contribution < 1.29 is 13.6 Å². The van der Waals surface area contributed by atoms with E-state index in [1.807, 2.05) is 13.8 Å². The first kappa shape index (κ1) is 10.2. The second-order valence-electron chi connectivity index (χ2n) is 3.79. The van der Waals surface area contributed by atoms with Crippen LogP contribution in [0.25, 0.3) is 0 Å². The Morgan fingerprint density at radius 2 is 2.08 bits per heavy atom. The van der Waals surface area contributed by atoms with Crippen LogP contribution < -0.4 is 5.32 Å². The zero-order chi connectivity index (χ0) is 10.1. The first-order valence-electron chi connectivity index (χ1n) is 4.31. The van der Waals surface area contributed by atoms with Crippen molar-refractivity contribution >= 4 is 6.03 Å². The molecule has 1 heterocycles. The van der Waals surface area contributed by atoms with E-state index in [1.165, 1.54) is 0 Å². The van der Waals surface area contributed by atoms with Crippen molar-refractivity contribution in [1.29, 1.82) is 0 Å². The van der Waals surface area contributed by atoms with Gasteiger partial charge in [-0.2, -0.15) is 0 Å². The summed E-state index contributed by atoms with van der Waals surface area (Å²) in [6.45, 7) is 3.53. The highest BCUT2D eigenvalue weighted by Crippen LogP contribution is 2.26. The van der Waals surface area contributed by atoms with E-state index in [-0.39, 0.29) is 6.03 Å². The quantitative estimate of drug-likeness (QED) is 0.702. The molecule has 0 aliphatic carbocycles. The van der Waals surface area contributed by atoms with Crippen molar-refractivity contribution in [2.45, 2.75) is 19.8 Å². The molecule has 1 aliphatic heterocycles. The Morgan fingerprint density at radius 3 is 2.46 bits per heavy atom. The number of hydrogen-bond acceptors (Lipinski definition) is 1. The molecule has 0 bridgehead atoms. The van der Waals surface area contributed by atoms with E-state index in [9.17, 15) is 13.6 Å². The van der Waals surface area contributed by atoms with Crippen LogP contribution in [0.2, 0.25) is 0 Å². The fourth-order valence-electron chi connectivity index (χ4n) is 1.06. The van der Waals surface area contributed by atoms with Gasteiger partial charge < -0.3 is 10.2 Å². The Kier molecular flexibility index (Phi) is 2.73. The van der Waals surface area contributed by atoms with Crippen molar-refractivity contribution in [3.8, 4) is 0 Å². The number of carbonyl (C=O) groups is 1. The average molecular weight is 192 g/mol. The maximum atomic E-state index is 12.3. The molecule has 3 nitrogen and oxygen atoms in total. The van der Waals surface area contributed by atoms with Crippen LogP contribution in [0.3, 0.4) is 0 Å². The van der Waals surface area contributed by atoms with E-state index in [0.29, 0.717) is 12.5 Å². The van der Waals surface area contributed by atoms with Gasteiger partial charge in [0.25, 0.3) is 5.92 Å². The van der Waals surface area contributed by atoms with E-state index in [4.69, 9.17) is 0 Å². The molecule has 1 fully saturated rings. The molecule has 5 heteroatoms. The molecule has 0 aromatic carbocycles. The predicted molar refractivity (Wildman–Crippen MR) is 44.8 cm³/mol. The lowest BCUT2D eigenvalue weighted by Gasteiger charge is -2.38. The maximum Gasteiger partial charge on any atom is 0.317 e. The van der Waals surface area contributed by atoms with Crippen LogP contribution in [-0.4, -0.2) is 36.5 Å². The van der Waals surface area contributed by atoms with Gasteiger partial charge in [-0.3, -0.25) is 0 Å². The molecular formula is C8H14F2N2O. The molecule has 1 saturated heterocycles. The van der Waals surface area contributed by atoms with E-state index >= 15 is 0 Å². The normalized spacial score (nSPS) is 19.9. The van der Waals surface area contributed by atoms with Gasteiger partial charge in [0.1, 0.15) is 0 Å². The number of hydrogen-bond donors (Lipinski definition) is 1. The Morgan fingerprint density at radius 1 is 1.54 bits per heavy atom. The number of urea groups is 1. The number of amides is 2. The summed E-state index contributed by atoms with van der Waals surface area (Å²) < 4.78 is 24.7. The van der Waals surface area contributed by atoms with Crippen LogP contribution in [-0.2, 0) is 0 Å². The van der Waals surface area contributed by atoms with Gasteiger partial charge in [-0.25, -0.2) is 13.6 Å². The molecule has 0 saturated carbocycles. The number of rotatable bonds is 2. The molecule has 0 spiro atoms. The van der Waals surface area contributed by atoms with Crippen molar-refractivity contribution in [2.75, 3.05) is 19.6 Å². The largest absolute Gasteiger partial charge is 0.338 e. The van der Waals surface area contributed by atoms with E-state index in [0.717, 1.165) is 4.90 Å². The molecule has 76 valence electrons. The van der Waals surface area contributed by atoms with Crippen LogP contribution in [0.1, 0.15) is 13.8 Å². The van der Waals surface area contributed by atoms with Crippen LogP contribution >= 0.6 is 0 Å². The molecular weight excluding hydrogens is 178 g/mol.